The second kappa shape index (κ2) is 2.27. The fraction of sp³-hybridized carbons (Fsp3) is 0.250. The lowest BCUT2D eigenvalue weighted by Gasteiger charge is -2.00. The van der Waals surface area contributed by atoms with Crippen LogP contribution in [0.5, 0.6) is 0 Å². The number of nitrogens with two attached hydrogens (primary N) is 1. The highest BCUT2D eigenvalue weighted by Gasteiger charge is 2.03. The molecular formula is C8H10N2S. The van der Waals surface area contributed by atoms with Gasteiger partial charge in [0, 0.05) is 6.54 Å². The third-order valence-electron chi connectivity index (χ3n) is 1.87. The van der Waals surface area contributed by atoms with Crippen LogP contribution in [0.3, 0.4) is 0 Å². The Morgan fingerprint density at radius 1 is 1.64 bits per heavy atom. The van der Waals surface area contributed by atoms with Crippen LogP contribution in [0.1, 0.15) is 6.92 Å². The summed E-state index contributed by atoms with van der Waals surface area (Å²) in [5.41, 5.74) is 7.04. The number of nitrogens with zero attached hydrogens (tertiary/aromatic N) is 1. The molecule has 11 heavy (non-hydrogen) atoms. The summed E-state index contributed by atoms with van der Waals surface area (Å²) in [6, 6.07) is 4.14. The quantitative estimate of drug-likeness (QED) is 0.692. The van der Waals surface area contributed by atoms with Gasteiger partial charge >= 0.3 is 0 Å². The van der Waals surface area contributed by atoms with Gasteiger partial charge in [0.1, 0.15) is 5.82 Å². The van der Waals surface area contributed by atoms with Gasteiger partial charge in [-0.1, -0.05) is 0 Å². The summed E-state index contributed by atoms with van der Waals surface area (Å²) in [5.74, 6) is 0.870. The van der Waals surface area contributed by atoms with Crippen LogP contribution >= 0.6 is 11.3 Å². The first-order valence-electron chi connectivity index (χ1n) is 3.65. The van der Waals surface area contributed by atoms with Crippen LogP contribution in [0.25, 0.3) is 10.2 Å². The first-order valence-corrected chi connectivity index (χ1v) is 4.53. The van der Waals surface area contributed by atoms with E-state index >= 15 is 0 Å². The number of nitrogen functional groups attached to an aromatic ring is 1. The summed E-state index contributed by atoms with van der Waals surface area (Å²) >= 11 is 1.74. The van der Waals surface area contributed by atoms with Crippen molar-refractivity contribution in [1.82, 2.24) is 4.57 Å². The molecule has 0 aliphatic carbocycles. The van der Waals surface area contributed by atoms with E-state index in [9.17, 15) is 0 Å². The molecule has 2 heterocycles. The van der Waals surface area contributed by atoms with Gasteiger partial charge in [0.2, 0.25) is 0 Å². The van der Waals surface area contributed by atoms with Gasteiger partial charge in [-0.15, -0.1) is 11.3 Å². The van der Waals surface area contributed by atoms with Gasteiger partial charge < -0.3 is 10.3 Å². The molecular weight excluding hydrogens is 156 g/mol. The predicted octanol–water partition coefficient (Wildman–Crippen LogP) is 2.30. The van der Waals surface area contributed by atoms with Crippen molar-refractivity contribution in [1.29, 1.82) is 0 Å². The summed E-state index contributed by atoms with van der Waals surface area (Å²) in [4.78, 5) is 0. The molecule has 2 aromatic rings. The van der Waals surface area contributed by atoms with Crippen LogP contribution in [-0.4, -0.2) is 4.57 Å². The van der Waals surface area contributed by atoms with Crippen LogP contribution in [0.4, 0.5) is 5.82 Å². The molecule has 2 aromatic heterocycles. The number of hydrogen-bond acceptors (Lipinski definition) is 2. The van der Waals surface area contributed by atoms with E-state index in [1.54, 1.807) is 11.3 Å². The minimum Gasteiger partial charge on any atom is -0.385 e. The summed E-state index contributed by atoms with van der Waals surface area (Å²) in [7, 11) is 0. The van der Waals surface area contributed by atoms with Gasteiger partial charge in [-0.05, 0) is 24.4 Å². The third-order valence-corrected chi connectivity index (χ3v) is 2.72. The topological polar surface area (TPSA) is 30.9 Å². The van der Waals surface area contributed by atoms with Crippen molar-refractivity contribution in [2.24, 2.45) is 0 Å². The Labute approximate surface area is 69.2 Å². The minimum absolute atomic E-state index is 0.870. The van der Waals surface area contributed by atoms with E-state index in [2.05, 4.69) is 22.9 Å². The third kappa shape index (κ3) is 0.844. The standard InChI is InChI=1S/C8H10N2S/c1-2-10-6-3-4-11-7(6)5-8(10)9/h3-5H,2,9H2,1H3. The maximum Gasteiger partial charge on any atom is 0.105 e. The highest BCUT2D eigenvalue weighted by molar-refractivity contribution is 7.17. The Kier molecular flexibility index (Phi) is 1.39. The maximum absolute atomic E-state index is 5.78. The summed E-state index contributed by atoms with van der Waals surface area (Å²) in [6.45, 7) is 3.06. The molecule has 0 spiro atoms. The van der Waals surface area contributed by atoms with Gasteiger partial charge in [0.05, 0.1) is 10.2 Å². The van der Waals surface area contributed by atoms with Crippen LogP contribution in [-0.2, 0) is 6.54 Å². The number of hydrogen-bond donors (Lipinski definition) is 1. The number of aryl methyl sites for hydroxylation is 1. The van der Waals surface area contributed by atoms with E-state index < -0.39 is 0 Å². The molecule has 0 bridgehead atoms. The van der Waals surface area contributed by atoms with Crippen LogP contribution < -0.4 is 5.73 Å². The normalized spacial score (nSPS) is 11.0. The van der Waals surface area contributed by atoms with Crippen molar-refractivity contribution in [2.45, 2.75) is 13.5 Å². The molecule has 0 aromatic carbocycles. The van der Waals surface area contributed by atoms with E-state index in [0.29, 0.717) is 0 Å². The molecule has 0 atom stereocenters. The second-order valence-corrected chi connectivity index (χ2v) is 3.43. The Morgan fingerprint density at radius 3 is 3.18 bits per heavy atom. The lowest BCUT2D eigenvalue weighted by molar-refractivity contribution is 0.809. The van der Waals surface area contributed by atoms with Crippen LogP contribution in [0.15, 0.2) is 17.5 Å². The number of aromatic nitrogens is 1. The Morgan fingerprint density at radius 2 is 2.45 bits per heavy atom. The molecule has 0 saturated heterocycles. The summed E-state index contributed by atoms with van der Waals surface area (Å²) < 4.78 is 3.40. The van der Waals surface area contributed by atoms with Gasteiger partial charge in [0.25, 0.3) is 0 Å². The van der Waals surface area contributed by atoms with Crippen molar-refractivity contribution in [3.63, 3.8) is 0 Å². The van der Waals surface area contributed by atoms with Gasteiger partial charge in [-0.3, -0.25) is 0 Å². The lowest BCUT2D eigenvalue weighted by Crippen LogP contribution is -1.98. The van der Waals surface area contributed by atoms with Crippen molar-refractivity contribution < 1.29 is 0 Å². The molecule has 0 aliphatic heterocycles. The molecule has 2 rings (SSSR count). The lowest BCUT2D eigenvalue weighted by atomic mass is 10.5. The average Bonchev–Trinajstić information content (AvgIpc) is 2.46. The monoisotopic (exact) mass is 166 g/mol. The number of thiophene rings is 1. The molecule has 0 amide bonds. The van der Waals surface area contributed by atoms with Crippen LogP contribution in [0, 0.1) is 0 Å². The fourth-order valence-corrected chi connectivity index (χ4v) is 2.18. The van der Waals surface area contributed by atoms with E-state index in [-0.39, 0.29) is 0 Å². The molecule has 0 unspecified atom stereocenters. The second-order valence-electron chi connectivity index (χ2n) is 2.48. The zero-order valence-electron chi connectivity index (χ0n) is 6.37. The summed E-state index contributed by atoms with van der Waals surface area (Å²) in [5, 5.41) is 2.09. The molecule has 58 valence electrons. The van der Waals surface area contributed by atoms with E-state index in [0.717, 1.165) is 12.4 Å². The Balaban J connectivity index is 2.80. The van der Waals surface area contributed by atoms with E-state index in [4.69, 9.17) is 5.73 Å². The molecule has 0 fully saturated rings. The molecule has 2 N–H and O–H groups in total. The summed E-state index contributed by atoms with van der Waals surface area (Å²) in [6.07, 6.45) is 0. The van der Waals surface area contributed by atoms with Gasteiger partial charge in [0.15, 0.2) is 0 Å². The molecule has 0 aliphatic rings. The number of rotatable bonds is 1. The van der Waals surface area contributed by atoms with E-state index in [1.807, 2.05) is 6.07 Å². The average molecular weight is 166 g/mol. The number of fused-ring (bicyclic) bond motifs is 1. The fourth-order valence-electron chi connectivity index (χ4n) is 1.35. The van der Waals surface area contributed by atoms with Gasteiger partial charge in [-0.2, -0.15) is 0 Å². The first-order chi connectivity index (χ1) is 5.33. The SMILES string of the molecule is CCn1c(N)cc2sccc21. The first kappa shape index (κ1) is 6.73. The zero-order valence-corrected chi connectivity index (χ0v) is 7.19. The Bertz CT molecular complexity index is 372. The van der Waals surface area contributed by atoms with E-state index in [1.165, 1.54) is 10.2 Å². The minimum atomic E-state index is 0.870. The smallest absolute Gasteiger partial charge is 0.105 e. The molecule has 0 saturated carbocycles. The Hall–Kier alpha value is -0.960. The zero-order chi connectivity index (χ0) is 7.84. The van der Waals surface area contributed by atoms with Crippen LogP contribution in [0.2, 0.25) is 0 Å². The number of anilines is 1. The maximum atomic E-state index is 5.78. The molecule has 0 radical (unpaired) electrons. The van der Waals surface area contributed by atoms with Gasteiger partial charge in [-0.25, -0.2) is 0 Å². The molecule has 2 nitrogen and oxygen atoms in total. The predicted molar refractivity (Wildman–Crippen MR) is 49.9 cm³/mol. The highest BCUT2D eigenvalue weighted by Crippen LogP contribution is 2.26. The molecule has 3 heteroatoms. The van der Waals surface area contributed by atoms with Crippen molar-refractivity contribution >= 4 is 27.4 Å². The van der Waals surface area contributed by atoms with Crippen molar-refractivity contribution in [2.75, 3.05) is 5.73 Å². The largest absolute Gasteiger partial charge is 0.385 e. The highest BCUT2D eigenvalue weighted by atomic mass is 32.1. The van der Waals surface area contributed by atoms with Crippen molar-refractivity contribution in [3.05, 3.63) is 17.5 Å². The van der Waals surface area contributed by atoms with Crippen molar-refractivity contribution in [3.8, 4) is 0 Å².